The summed E-state index contributed by atoms with van der Waals surface area (Å²) in [5, 5.41) is 10.8. The van der Waals surface area contributed by atoms with Crippen molar-refractivity contribution in [2.24, 2.45) is 0 Å². The summed E-state index contributed by atoms with van der Waals surface area (Å²) in [5.41, 5.74) is 1.72. The smallest absolute Gasteiger partial charge is 0.290 e. The maximum Gasteiger partial charge on any atom is 0.290 e. The van der Waals surface area contributed by atoms with Crippen molar-refractivity contribution < 1.29 is 24.2 Å². The fourth-order valence-corrected chi connectivity index (χ4v) is 4.38. The molecule has 178 valence electrons. The number of morpholine rings is 1. The predicted molar refractivity (Wildman–Crippen MR) is 129 cm³/mol. The molecule has 1 atom stereocenters. The highest BCUT2D eigenvalue weighted by Crippen LogP contribution is 2.38. The van der Waals surface area contributed by atoms with E-state index in [2.05, 4.69) is 4.90 Å². The molecule has 0 aliphatic carbocycles. The number of nitrogens with zero attached hydrogens (tertiary/aromatic N) is 2. The van der Waals surface area contributed by atoms with E-state index in [4.69, 9.17) is 9.47 Å². The lowest BCUT2D eigenvalue weighted by atomic mass is 9.95. The Kier molecular flexibility index (Phi) is 7.77. The van der Waals surface area contributed by atoms with E-state index in [9.17, 15) is 14.7 Å². The van der Waals surface area contributed by atoms with Gasteiger partial charge in [-0.1, -0.05) is 48.5 Å². The molecule has 1 amide bonds. The number of carbonyl (C=O) groups excluding carboxylic acids is 2. The van der Waals surface area contributed by atoms with Crippen LogP contribution in [-0.4, -0.2) is 73.1 Å². The van der Waals surface area contributed by atoms with Crippen LogP contribution in [0.25, 0.3) is 6.08 Å². The number of aliphatic hydroxyl groups excluding tert-OH is 1. The predicted octanol–water partition coefficient (Wildman–Crippen LogP) is 3.40. The van der Waals surface area contributed by atoms with E-state index in [1.165, 1.54) is 6.08 Å². The number of aliphatic hydroxyl groups is 1. The SMILES string of the molecule is COc1ccc(C2C(C(=O)C=Cc3ccccc3)=C(O)C(=O)N2CCCN2CCOCC2)cc1. The largest absolute Gasteiger partial charge is 0.503 e. The molecule has 2 heterocycles. The summed E-state index contributed by atoms with van der Waals surface area (Å²) in [7, 11) is 1.58. The Labute approximate surface area is 199 Å². The molecular formula is C27H30N2O5. The summed E-state index contributed by atoms with van der Waals surface area (Å²) in [6.07, 6.45) is 3.84. The van der Waals surface area contributed by atoms with Crippen LogP contribution >= 0.6 is 0 Å². The summed E-state index contributed by atoms with van der Waals surface area (Å²) >= 11 is 0. The highest BCUT2D eigenvalue weighted by molar-refractivity contribution is 6.14. The third kappa shape index (κ3) is 5.38. The van der Waals surface area contributed by atoms with Gasteiger partial charge in [0.05, 0.1) is 31.9 Å². The van der Waals surface area contributed by atoms with Crippen molar-refractivity contribution in [1.29, 1.82) is 0 Å². The monoisotopic (exact) mass is 462 g/mol. The van der Waals surface area contributed by atoms with Crippen molar-refractivity contribution in [3.05, 3.63) is 83.1 Å². The van der Waals surface area contributed by atoms with E-state index in [-0.39, 0.29) is 11.4 Å². The van der Waals surface area contributed by atoms with Crippen LogP contribution in [-0.2, 0) is 14.3 Å². The van der Waals surface area contributed by atoms with Gasteiger partial charge in [-0.25, -0.2) is 0 Å². The van der Waals surface area contributed by atoms with E-state index >= 15 is 0 Å². The number of carbonyl (C=O) groups is 2. The Balaban J connectivity index is 1.57. The first kappa shape index (κ1) is 23.7. The number of ketones is 1. The van der Waals surface area contributed by atoms with E-state index in [1.54, 1.807) is 30.2 Å². The van der Waals surface area contributed by atoms with Crippen LogP contribution in [0, 0.1) is 0 Å². The molecule has 1 saturated heterocycles. The van der Waals surface area contributed by atoms with Crippen LogP contribution < -0.4 is 4.74 Å². The van der Waals surface area contributed by atoms with E-state index in [1.807, 2.05) is 42.5 Å². The van der Waals surface area contributed by atoms with Gasteiger partial charge in [-0.15, -0.1) is 0 Å². The second-order valence-electron chi connectivity index (χ2n) is 8.35. The van der Waals surface area contributed by atoms with Crippen LogP contribution in [0.5, 0.6) is 5.75 Å². The van der Waals surface area contributed by atoms with Gasteiger partial charge in [-0.05, 0) is 35.8 Å². The first-order valence-electron chi connectivity index (χ1n) is 11.5. The molecule has 1 fully saturated rings. The van der Waals surface area contributed by atoms with Crippen LogP contribution in [0.1, 0.15) is 23.6 Å². The third-order valence-electron chi connectivity index (χ3n) is 6.20. The number of benzene rings is 2. The molecule has 2 aliphatic heterocycles. The van der Waals surface area contributed by atoms with Crippen molar-refractivity contribution in [1.82, 2.24) is 9.80 Å². The average molecular weight is 463 g/mol. The molecule has 2 aromatic rings. The summed E-state index contributed by atoms with van der Waals surface area (Å²) in [4.78, 5) is 30.2. The molecule has 7 heteroatoms. The van der Waals surface area contributed by atoms with E-state index < -0.39 is 17.7 Å². The summed E-state index contributed by atoms with van der Waals surface area (Å²) in [6.45, 7) is 4.41. The minimum absolute atomic E-state index is 0.105. The first-order chi connectivity index (χ1) is 16.6. The number of ether oxygens (including phenoxy) is 2. The number of hydrogen-bond donors (Lipinski definition) is 1. The van der Waals surface area contributed by atoms with E-state index in [0.717, 1.165) is 37.2 Å². The molecular weight excluding hydrogens is 432 g/mol. The number of hydrogen-bond acceptors (Lipinski definition) is 6. The van der Waals surface area contributed by atoms with Gasteiger partial charge in [0, 0.05) is 26.2 Å². The highest BCUT2D eigenvalue weighted by Gasteiger charge is 2.42. The second kappa shape index (κ2) is 11.1. The molecule has 2 aliphatic rings. The Bertz CT molecular complexity index is 1060. The second-order valence-corrected chi connectivity index (χ2v) is 8.35. The van der Waals surface area contributed by atoms with Crippen molar-refractivity contribution in [2.45, 2.75) is 12.5 Å². The maximum atomic E-state index is 13.2. The molecule has 1 N–H and O–H groups in total. The normalized spacial score (nSPS) is 19.3. The number of allylic oxidation sites excluding steroid dienone is 1. The highest BCUT2D eigenvalue weighted by atomic mass is 16.5. The molecule has 1 unspecified atom stereocenters. The fraction of sp³-hybridized carbons (Fsp3) is 0.333. The van der Waals surface area contributed by atoms with Gasteiger partial charge in [0.15, 0.2) is 11.5 Å². The topological polar surface area (TPSA) is 79.3 Å². The Morgan fingerprint density at radius 3 is 2.47 bits per heavy atom. The van der Waals surface area contributed by atoms with Gasteiger partial charge >= 0.3 is 0 Å². The molecule has 2 aromatic carbocycles. The number of rotatable bonds is 9. The molecule has 0 aromatic heterocycles. The lowest BCUT2D eigenvalue weighted by molar-refractivity contribution is -0.129. The van der Waals surface area contributed by atoms with Crippen molar-refractivity contribution >= 4 is 17.8 Å². The van der Waals surface area contributed by atoms with Gasteiger partial charge in [0.2, 0.25) is 0 Å². The Morgan fingerprint density at radius 1 is 1.09 bits per heavy atom. The molecule has 7 nitrogen and oxygen atoms in total. The first-order valence-corrected chi connectivity index (χ1v) is 11.5. The van der Waals surface area contributed by atoms with Gasteiger partial charge < -0.3 is 19.5 Å². The summed E-state index contributed by atoms with van der Waals surface area (Å²) < 4.78 is 10.7. The van der Waals surface area contributed by atoms with Crippen molar-refractivity contribution in [3.63, 3.8) is 0 Å². The standard InChI is InChI=1S/C27H30N2O5/c1-33-22-11-9-21(10-12-22)25-24(23(30)13-8-20-6-3-2-4-7-20)26(31)27(32)29(25)15-5-14-28-16-18-34-19-17-28/h2-4,6-13,25,31H,5,14-19H2,1H3. The minimum Gasteiger partial charge on any atom is -0.503 e. The molecule has 0 spiro atoms. The minimum atomic E-state index is -0.656. The van der Waals surface area contributed by atoms with Gasteiger partial charge in [-0.2, -0.15) is 0 Å². The maximum absolute atomic E-state index is 13.2. The van der Waals surface area contributed by atoms with Crippen LogP contribution in [0.3, 0.4) is 0 Å². The zero-order valence-electron chi connectivity index (χ0n) is 19.4. The van der Waals surface area contributed by atoms with Gasteiger partial charge in [0.25, 0.3) is 5.91 Å². The third-order valence-corrected chi connectivity index (χ3v) is 6.20. The van der Waals surface area contributed by atoms with Crippen LogP contribution in [0.4, 0.5) is 0 Å². The zero-order valence-corrected chi connectivity index (χ0v) is 19.4. The van der Waals surface area contributed by atoms with Crippen molar-refractivity contribution in [3.8, 4) is 5.75 Å². The molecule has 0 bridgehead atoms. The molecule has 0 saturated carbocycles. The average Bonchev–Trinajstić information content (AvgIpc) is 3.14. The Hall–Kier alpha value is -3.42. The van der Waals surface area contributed by atoms with Crippen LogP contribution in [0.2, 0.25) is 0 Å². The molecule has 4 rings (SSSR count). The summed E-state index contributed by atoms with van der Waals surface area (Å²) in [6, 6.07) is 16.0. The van der Waals surface area contributed by atoms with Crippen molar-refractivity contribution in [2.75, 3.05) is 46.5 Å². The van der Waals surface area contributed by atoms with Gasteiger partial charge in [-0.3, -0.25) is 14.5 Å². The molecule has 34 heavy (non-hydrogen) atoms. The number of amides is 1. The van der Waals surface area contributed by atoms with E-state index in [0.29, 0.717) is 25.5 Å². The number of methoxy groups -OCH3 is 1. The lowest BCUT2D eigenvalue weighted by Gasteiger charge is -2.30. The Morgan fingerprint density at radius 2 is 1.79 bits per heavy atom. The fourth-order valence-electron chi connectivity index (χ4n) is 4.38. The quantitative estimate of drug-likeness (QED) is 0.576. The van der Waals surface area contributed by atoms with Gasteiger partial charge in [0.1, 0.15) is 5.75 Å². The lowest BCUT2D eigenvalue weighted by Crippen LogP contribution is -2.39. The molecule has 0 radical (unpaired) electrons. The zero-order chi connectivity index (χ0) is 23.9. The van der Waals surface area contributed by atoms with Crippen LogP contribution in [0.15, 0.2) is 72.0 Å². The summed E-state index contributed by atoms with van der Waals surface area (Å²) in [5.74, 6) is -0.697.